The molecule has 1 heterocycles. The zero-order valence-electron chi connectivity index (χ0n) is 13.6. The monoisotopic (exact) mass is 391 g/mol. The lowest BCUT2D eigenvalue weighted by Gasteiger charge is -2.27. The van der Waals surface area contributed by atoms with Crippen LogP contribution in [0.4, 0.5) is 5.69 Å². The van der Waals surface area contributed by atoms with E-state index in [2.05, 4.69) is 0 Å². The molecule has 0 saturated heterocycles. The van der Waals surface area contributed by atoms with E-state index in [1.54, 1.807) is 22.6 Å². The molecule has 3 rings (SSSR count). The topological polar surface area (TPSA) is 40.5 Å². The van der Waals surface area contributed by atoms with E-state index in [9.17, 15) is 9.90 Å². The Morgan fingerprint density at radius 2 is 1.76 bits per heavy atom. The molecule has 1 aliphatic rings. The van der Waals surface area contributed by atoms with Gasteiger partial charge in [-0.25, -0.2) is 0 Å². The molecule has 1 aliphatic heterocycles. The van der Waals surface area contributed by atoms with Gasteiger partial charge in [-0.1, -0.05) is 29.3 Å². The minimum absolute atomic E-state index is 0.0491. The molecule has 128 valence electrons. The summed E-state index contributed by atoms with van der Waals surface area (Å²) in [5, 5.41) is 11.9. The van der Waals surface area contributed by atoms with Crippen molar-refractivity contribution in [2.75, 3.05) is 4.31 Å². The lowest BCUT2D eigenvalue weighted by Crippen LogP contribution is -2.15. The van der Waals surface area contributed by atoms with Crippen molar-refractivity contribution in [3.63, 3.8) is 0 Å². The summed E-state index contributed by atoms with van der Waals surface area (Å²) in [6.45, 7) is 3.81. The molecule has 6 heteroatoms. The molecule has 0 bridgehead atoms. The van der Waals surface area contributed by atoms with E-state index in [1.165, 1.54) is 0 Å². The number of halogens is 2. The van der Waals surface area contributed by atoms with Crippen LogP contribution in [-0.2, 0) is 4.79 Å². The molecule has 1 N–H and O–H groups in total. The fourth-order valence-electron chi connectivity index (χ4n) is 2.74. The highest BCUT2D eigenvalue weighted by molar-refractivity contribution is 8.04. The summed E-state index contributed by atoms with van der Waals surface area (Å²) in [5.41, 5.74) is 4.25. The molecule has 0 fully saturated rings. The van der Waals surface area contributed by atoms with E-state index < -0.39 is 0 Å². The molecule has 0 saturated carbocycles. The predicted molar refractivity (Wildman–Crippen MR) is 106 cm³/mol. The normalized spacial score (nSPS) is 14.6. The Kier molecular flexibility index (Phi) is 5.13. The number of benzene rings is 2. The summed E-state index contributed by atoms with van der Waals surface area (Å²) in [7, 11) is 0. The van der Waals surface area contributed by atoms with E-state index in [4.69, 9.17) is 23.2 Å². The summed E-state index contributed by atoms with van der Waals surface area (Å²) in [4.78, 5) is 11.7. The van der Waals surface area contributed by atoms with Crippen LogP contribution in [0, 0.1) is 13.8 Å². The molecule has 0 unspecified atom stereocenters. The third-order valence-electron chi connectivity index (χ3n) is 4.01. The number of carbonyl (C=O) groups excluding carboxylic acids is 1. The standard InChI is InChI=1S/C19H15Cl2NO2S/c1-11-3-8-16(21)12(2)17(11)18-13(10-23)9-22(25-19(18)24)15-6-4-14(20)5-7-15/h3-10,24H,1-2H3. The van der Waals surface area contributed by atoms with Gasteiger partial charge in [-0.05, 0) is 60.9 Å². The molecule has 2 aromatic carbocycles. The Balaban J connectivity index is 2.10. The summed E-state index contributed by atoms with van der Waals surface area (Å²) in [6, 6.07) is 10.9. The number of aliphatic hydroxyl groups excluding tert-OH is 1. The van der Waals surface area contributed by atoms with Gasteiger partial charge in [-0.15, -0.1) is 0 Å². The van der Waals surface area contributed by atoms with Crippen LogP contribution in [-0.4, -0.2) is 11.4 Å². The first-order valence-corrected chi connectivity index (χ1v) is 9.04. The minimum Gasteiger partial charge on any atom is -0.500 e. The SMILES string of the molecule is Cc1ccc(Cl)c(C)c1C1=C(O)SN(c2ccc(Cl)cc2)C=C1C=O. The smallest absolute Gasteiger partial charge is 0.180 e. The second kappa shape index (κ2) is 7.16. The first-order valence-electron chi connectivity index (χ1n) is 7.52. The molecular formula is C19H15Cl2NO2S. The maximum atomic E-state index is 11.7. The quantitative estimate of drug-likeness (QED) is 0.507. The molecule has 25 heavy (non-hydrogen) atoms. The van der Waals surface area contributed by atoms with Gasteiger partial charge in [-0.2, -0.15) is 0 Å². The van der Waals surface area contributed by atoms with E-state index in [-0.39, 0.29) is 5.09 Å². The maximum absolute atomic E-state index is 11.7. The Hall–Kier alpha value is -1.88. The summed E-state index contributed by atoms with van der Waals surface area (Å²) >= 11 is 13.3. The second-order valence-electron chi connectivity index (χ2n) is 5.64. The van der Waals surface area contributed by atoms with E-state index in [1.807, 2.05) is 38.1 Å². The number of hydrogen-bond acceptors (Lipinski definition) is 4. The van der Waals surface area contributed by atoms with Crippen molar-refractivity contribution < 1.29 is 9.90 Å². The summed E-state index contributed by atoms with van der Waals surface area (Å²) in [6.07, 6.45) is 2.45. The molecule has 2 aromatic rings. The number of aliphatic hydroxyl groups is 1. The van der Waals surface area contributed by atoms with Gasteiger partial charge in [0.15, 0.2) is 11.4 Å². The first kappa shape index (κ1) is 17.9. The van der Waals surface area contributed by atoms with Gasteiger partial charge >= 0.3 is 0 Å². The number of carbonyl (C=O) groups is 1. The lowest BCUT2D eigenvalue weighted by molar-refractivity contribution is -0.104. The highest BCUT2D eigenvalue weighted by Crippen LogP contribution is 2.42. The molecule has 0 aromatic heterocycles. The fourth-order valence-corrected chi connectivity index (χ4v) is 3.92. The third kappa shape index (κ3) is 3.43. The Bertz CT molecular complexity index is 904. The molecule has 0 amide bonds. The van der Waals surface area contributed by atoms with Gasteiger partial charge in [0, 0.05) is 39.3 Å². The van der Waals surface area contributed by atoms with Gasteiger partial charge < -0.3 is 5.11 Å². The van der Waals surface area contributed by atoms with Crippen LogP contribution >= 0.6 is 35.1 Å². The Morgan fingerprint density at radius 3 is 2.40 bits per heavy atom. The van der Waals surface area contributed by atoms with Crippen molar-refractivity contribution in [1.82, 2.24) is 0 Å². The zero-order chi connectivity index (χ0) is 18.1. The average Bonchev–Trinajstić information content (AvgIpc) is 2.60. The van der Waals surface area contributed by atoms with Crippen molar-refractivity contribution in [1.29, 1.82) is 0 Å². The number of anilines is 1. The molecule has 3 nitrogen and oxygen atoms in total. The molecule has 0 radical (unpaired) electrons. The number of aldehydes is 1. The zero-order valence-corrected chi connectivity index (χ0v) is 15.9. The van der Waals surface area contributed by atoms with E-state index >= 15 is 0 Å². The number of nitrogens with zero attached hydrogens (tertiary/aromatic N) is 1. The molecule has 0 spiro atoms. The number of rotatable bonds is 3. The maximum Gasteiger partial charge on any atom is 0.180 e. The Morgan fingerprint density at radius 1 is 1.08 bits per heavy atom. The first-order chi connectivity index (χ1) is 11.9. The van der Waals surface area contributed by atoms with Crippen molar-refractivity contribution in [2.45, 2.75) is 13.8 Å². The average molecular weight is 392 g/mol. The summed E-state index contributed by atoms with van der Waals surface area (Å²) < 4.78 is 1.73. The third-order valence-corrected chi connectivity index (χ3v) is 5.56. The van der Waals surface area contributed by atoms with Gasteiger partial charge in [0.05, 0.1) is 5.69 Å². The summed E-state index contributed by atoms with van der Waals surface area (Å²) in [5.74, 6) is 0. The lowest BCUT2D eigenvalue weighted by atomic mass is 9.92. The Labute approximate surface area is 160 Å². The van der Waals surface area contributed by atoms with Gasteiger partial charge in [0.1, 0.15) is 0 Å². The molecule has 0 aliphatic carbocycles. The molecule has 0 atom stereocenters. The van der Waals surface area contributed by atoms with E-state index in [0.717, 1.165) is 40.6 Å². The van der Waals surface area contributed by atoms with Crippen LogP contribution in [0.3, 0.4) is 0 Å². The highest BCUT2D eigenvalue weighted by atomic mass is 35.5. The van der Waals surface area contributed by atoms with Crippen molar-refractivity contribution >= 4 is 52.7 Å². The molecular weight excluding hydrogens is 377 g/mol. The van der Waals surface area contributed by atoms with Gasteiger partial charge in [0.2, 0.25) is 0 Å². The fraction of sp³-hybridized carbons (Fsp3) is 0.105. The number of hydrogen-bond donors (Lipinski definition) is 1. The van der Waals surface area contributed by atoms with Crippen LogP contribution in [0.2, 0.25) is 10.0 Å². The second-order valence-corrected chi connectivity index (χ2v) is 7.45. The van der Waals surface area contributed by atoms with Crippen molar-refractivity contribution in [2.24, 2.45) is 0 Å². The minimum atomic E-state index is 0.0491. The highest BCUT2D eigenvalue weighted by Gasteiger charge is 2.26. The van der Waals surface area contributed by atoms with Crippen LogP contribution in [0.1, 0.15) is 16.7 Å². The van der Waals surface area contributed by atoms with Crippen molar-refractivity contribution in [3.05, 3.63) is 80.0 Å². The van der Waals surface area contributed by atoms with Crippen LogP contribution < -0.4 is 4.31 Å². The van der Waals surface area contributed by atoms with Gasteiger partial charge in [0.25, 0.3) is 0 Å². The largest absolute Gasteiger partial charge is 0.500 e. The number of aryl methyl sites for hydroxylation is 1. The predicted octanol–water partition coefficient (Wildman–Crippen LogP) is 6.09. The number of allylic oxidation sites excluding steroid dienone is 2. The van der Waals surface area contributed by atoms with Gasteiger partial charge in [-0.3, -0.25) is 9.10 Å². The van der Waals surface area contributed by atoms with Crippen molar-refractivity contribution in [3.8, 4) is 0 Å². The van der Waals surface area contributed by atoms with Crippen LogP contribution in [0.25, 0.3) is 5.57 Å². The van der Waals surface area contributed by atoms with E-state index in [0.29, 0.717) is 21.2 Å². The van der Waals surface area contributed by atoms with Crippen LogP contribution in [0.5, 0.6) is 0 Å². The van der Waals surface area contributed by atoms with Crippen LogP contribution in [0.15, 0.2) is 53.3 Å².